The van der Waals surface area contributed by atoms with Gasteiger partial charge in [-0.1, -0.05) is 36.3 Å². The molecule has 2 rings (SSSR count). The Bertz CT molecular complexity index is 526. The van der Waals surface area contributed by atoms with Crippen LogP contribution in [0.25, 0.3) is 0 Å². The summed E-state index contributed by atoms with van der Waals surface area (Å²) in [5.74, 6) is 1.75. The normalized spacial score (nSPS) is 14.6. The van der Waals surface area contributed by atoms with Gasteiger partial charge in [-0.2, -0.15) is 0 Å². The van der Waals surface area contributed by atoms with E-state index in [9.17, 15) is 0 Å². The Labute approximate surface area is 128 Å². The van der Waals surface area contributed by atoms with E-state index < -0.39 is 0 Å². The van der Waals surface area contributed by atoms with Crippen LogP contribution in [0.15, 0.2) is 41.5 Å². The molecular formula is C19H26O2. The number of benzene rings is 1. The smallest absolute Gasteiger partial charge is 0.231 e. The summed E-state index contributed by atoms with van der Waals surface area (Å²) in [4.78, 5) is 0. The Kier molecular flexibility index (Phi) is 5.91. The molecule has 0 amide bonds. The Morgan fingerprint density at radius 3 is 2.62 bits per heavy atom. The van der Waals surface area contributed by atoms with Crippen LogP contribution in [0.4, 0.5) is 0 Å². The van der Waals surface area contributed by atoms with Crippen LogP contribution in [0.5, 0.6) is 11.5 Å². The highest BCUT2D eigenvalue weighted by Gasteiger charge is 2.12. The van der Waals surface area contributed by atoms with Crippen molar-refractivity contribution >= 4 is 0 Å². The third kappa shape index (κ3) is 4.96. The lowest BCUT2D eigenvalue weighted by molar-refractivity contribution is 0.174. The van der Waals surface area contributed by atoms with Gasteiger partial charge in [-0.05, 0) is 63.6 Å². The summed E-state index contributed by atoms with van der Waals surface area (Å²) < 4.78 is 10.7. The predicted molar refractivity (Wildman–Crippen MR) is 87.9 cm³/mol. The van der Waals surface area contributed by atoms with E-state index in [0.29, 0.717) is 6.79 Å². The van der Waals surface area contributed by atoms with Gasteiger partial charge in [-0.25, -0.2) is 0 Å². The topological polar surface area (TPSA) is 18.5 Å². The molecule has 0 N–H and O–H groups in total. The maximum atomic E-state index is 5.41. The average molecular weight is 286 g/mol. The van der Waals surface area contributed by atoms with Crippen molar-refractivity contribution in [2.75, 3.05) is 6.79 Å². The van der Waals surface area contributed by atoms with E-state index in [4.69, 9.17) is 9.47 Å². The molecule has 1 aliphatic rings. The van der Waals surface area contributed by atoms with E-state index in [0.717, 1.165) is 37.2 Å². The van der Waals surface area contributed by atoms with Gasteiger partial charge in [0.05, 0.1) is 0 Å². The highest BCUT2D eigenvalue weighted by Crippen LogP contribution is 2.32. The predicted octanol–water partition coefficient (Wildman–Crippen LogP) is 5.43. The number of rotatable bonds is 7. The van der Waals surface area contributed by atoms with Gasteiger partial charge in [-0.15, -0.1) is 0 Å². The largest absolute Gasteiger partial charge is 0.454 e. The van der Waals surface area contributed by atoms with E-state index in [-0.39, 0.29) is 0 Å². The second kappa shape index (κ2) is 7.92. The van der Waals surface area contributed by atoms with Crippen molar-refractivity contribution in [2.45, 2.75) is 52.9 Å². The van der Waals surface area contributed by atoms with Gasteiger partial charge in [0, 0.05) is 0 Å². The van der Waals surface area contributed by atoms with Crippen molar-refractivity contribution in [1.82, 2.24) is 0 Å². The lowest BCUT2D eigenvalue weighted by Crippen LogP contribution is -1.92. The molecule has 21 heavy (non-hydrogen) atoms. The zero-order valence-electron chi connectivity index (χ0n) is 13.4. The fourth-order valence-corrected chi connectivity index (χ4v) is 2.37. The first kappa shape index (κ1) is 15.7. The van der Waals surface area contributed by atoms with Crippen molar-refractivity contribution in [3.05, 3.63) is 47.1 Å². The fourth-order valence-electron chi connectivity index (χ4n) is 2.37. The minimum atomic E-state index is 0.350. The number of allylic oxidation sites excluding steroid dienone is 4. The quantitative estimate of drug-likeness (QED) is 0.622. The second-order valence-electron chi connectivity index (χ2n) is 5.72. The molecule has 2 heteroatoms. The molecule has 114 valence electrons. The summed E-state index contributed by atoms with van der Waals surface area (Å²) in [6, 6.07) is 6.23. The third-order valence-corrected chi connectivity index (χ3v) is 3.95. The molecule has 0 saturated carbocycles. The van der Waals surface area contributed by atoms with E-state index in [1.54, 1.807) is 0 Å². The molecular weight excluding hydrogens is 260 g/mol. The number of fused-ring (bicyclic) bond motifs is 1. The number of aryl methyl sites for hydroxylation is 1. The maximum Gasteiger partial charge on any atom is 0.231 e. The first-order chi connectivity index (χ1) is 10.2. The van der Waals surface area contributed by atoms with E-state index in [1.807, 2.05) is 6.07 Å². The molecule has 0 unspecified atom stereocenters. The Morgan fingerprint density at radius 1 is 1.05 bits per heavy atom. The highest BCUT2D eigenvalue weighted by atomic mass is 16.7. The van der Waals surface area contributed by atoms with Crippen LogP contribution < -0.4 is 9.47 Å². The molecule has 0 aromatic heterocycles. The van der Waals surface area contributed by atoms with Gasteiger partial charge in [0.25, 0.3) is 0 Å². The zero-order chi connectivity index (χ0) is 15.1. The van der Waals surface area contributed by atoms with Crippen LogP contribution in [0, 0.1) is 0 Å². The van der Waals surface area contributed by atoms with Crippen molar-refractivity contribution < 1.29 is 9.47 Å². The molecule has 1 aromatic carbocycles. The van der Waals surface area contributed by atoms with Crippen LogP contribution in [0.3, 0.4) is 0 Å². The molecule has 1 heterocycles. The van der Waals surface area contributed by atoms with E-state index in [2.05, 4.69) is 45.1 Å². The molecule has 0 spiro atoms. The molecule has 1 aliphatic heterocycles. The monoisotopic (exact) mass is 286 g/mol. The average Bonchev–Trinajstić information content (AvgIpc) is 2.94. The minimum absolute atomic E-state index is 0.350. The molecule has 2 nitrogen and oxygen atoms in total. The van der Waals surface area contributed by atoms with E-state index >= 15 is 0 Å². The summed E-state index contributed by atoms with van der Waals surface area (Å²) in [5.41, 5.74) is 4.28. The molecule has 0 fully saturated rings. The lowest BCUT2D eigenvalue weighted by atomic mass is 10.0. The first-order valence-corrected chi connectivity index (χ1v) is 7.89. The summed E-state index contributed by atoms with van der Waals surface area (Å²) >= 11 is 0. The van der Waals surface area contributed by atoms with Crippen LogP contribution in [-0.4, -0.2) is 6.79 Å². The lowest BCUT2D eigenvalue weighted by Gasteiger charge is -2.03. The Balaban J connectivity index is 1.76. The minimum Gasteiger partial charge on any atom is -0.454 e. The van der Waals surface area contributed by atoms with Crippen molar-refractivity contribution in [1.29, 1.82) is 0 Å². The zero-order valence-corrected chi connectivity index (χ0v) is 13.4. The Morgan fingerprint density at radius 2 is 1.81 bits per heavy atom. The number of hydrogen-bond acceptors (Lipinski definition) is 2. The molecule has 0 saturated heterocycles. The van der Waals surface area contributed by atoms with Crippen LogP contribution in [0.1, 0.15) is 52.0 Å². The van der Waals surface area contributed by atoms with Gasteiger partial charge in [0.15, 0.2) is 11.5 Å². The third-order valence-electron chi connectivity index (χ3n) is 3.95. The molecule has 1 aromatic rings. The number of hydrogen-bond donors (Lipinski definition) is 0. The maximum absolute atomic E-state index is 5.41. The summed E-state index contributed by atoms with van der Waals surface area (Å²) in [7, 11) is 0. The fraction of sp³-hybridized carbons (Fsp3) is 0.474. The van der Waals surface area contributed by atoms with Gasteiger partial charge < -0.3 is 9.47 Å². The number of ether oxygens (including phenoxy) is 2. The molecule has 0 atom stereocenters. The van der Waals surface area contributed by atoms with Gasteiger partial charge in [0.2, 0.25) is 6.79 Å². The van der Waals surface area contributed by atoms with Crippen molar-refractivity contribution in [3.63, 3.8) is 0 Å². The molecule has 0 bridgehead atoms. The molecule has 0 aliphatic carbocycles. The van der Waals surface area contributed by atoms with E-state index in [1.165, 1.54) is 23.1 Å². The SMILES string of the molecule is CCC(C)=CCCC(C)=CCCc1ccc2c(c1)OCO2. The van der Waals surface area contributed by atoms with Crippen molar-refractivity contribution in [3.8, 4) is 11.5 Å². The summed E-state index contributed by atoms with van der Waals surface area (Å²) in [6.45, 7) is 7.00. The van der Waals surface area contributed by atoms with Crippen LogP contribution >= 0.6 is 0 Å². The molecule has 0 radical (unpaired) electrons. The Hall–Kier alpha value is -1.70. The second-order valence-corrected chi connectivity index (χ2v) is 5.72. The summed E-state index contributed by atoms with van der Waals surface area (Å²) in [6.07, 6.45) is 10.3. The van der Waals surface area contributed by atoms with Crippen LogP contribution in [0.2, 0.25) is 0 Å². The summed E-state index contributed by atoms with van der Waals surface area (Å²) in [5, 5.41) is 0. The first-order valence-electron chi connectivity index (χ1n) is 7.89. The van der Waals surface area contributed by atoms with Crippen molar-refractivity contribution in [2.24, 2.45) is 0 Å². The standard InChI is InChI=1S/C19H26O2/c1-4-15(2)7-5-8-16(3)9-6-10-17-11-12-18-19(13-17)21-14-20-18/h7,9,11-13H,4-6,8,10,14H2,1-3H3. The van der Waals surface area contributed by atoms with Crippen LogP contribution in [-0.2, 0) is 6.42 Å². The van der Waals surface area contributed by atoms with Gasteiger partial charge in [0.1, 0.15) is 0 Å². The van der Waals surface area contributed by atoms with Gasteiger partial charge in [-0.3, -0.25) is 0 Å². The van der Waals surface area contributed by atoms with Gasteiger partial charge >= 0.3 is 0 Å². The highest BCUT2D eigenvalue weighted by molar-refractivity contribution is 5.44.